The van der Waals surface area contributed by atoms with Gasteiger partial charge in [0.25, 0.3) is 5.91 Å². The Morgan fingerprint density at radius 2 is 1.79 bits per heavy atom. The molecule has 1 heterocycles. The van der Waals surface area contributed by atoms with Gasteiger partial charge in [-0.25, -0.2) is 4.79 Å². The Hall–Kier alpha value is -3.15. The first-order chi connectivity index (χ1) is 13.5. The normalized spacial score (nSPS) is 16.4. The first-order valence-corrected chi connectivity index (χ1v) is 9.47. The highest BCUT2D eigenvalue weighted by atomic mass is 16.2. The van der Waals surface area contributed by atoms with Gasteiger partial charge in [-0.15, -0.1) is 0 Å². The van der Waals surface area contributed by atoms with E-state index in [-0.39, 0.29) is 23.6 Å². The van der Waals surface area contributed by atoms with E-state index in [2.05, 4.69) is 10.6 Å². The number of carbonyl (C=O) groups excluding carboxylic acids is 3. The number of Topliss-reactive ketones (excluding diaryl/α,β-unsaturated/α-hetero) is 1. The molecule has 1 aliphatic rings. The fraction of sp³-hybridized carbons (Fsp3) is 0.318. The van der Waals surface area contributed by atoms with E-state index in [1.54, 1.807) is 37.4 Å². The Balaban J connectivity index is 1.74. The number of nitrogens with zero attached hydrogens (tertiary/aromatic N) is 1. The number of carbonyl (C=O) groups is 3. The second-order valence-electron chi connectivity index (χ2n) is 7.06. The highest BCUT2D eigenvalue weighted by molar-refractivity contribution is 6.05. The summed E-state index contributed by atoms with van der Waals surface area (Å²) in [5.41, 5.74) is 2.76. The smallest absolute Gasteiger partial charge is 0.317 e. The van der Waals surface area contributed by atoms with E-state index in [1.807, 2.05) is 23.1 Å². The number of nitrogens with one attached hydrogen (secondary N) is 2. The van der Waals surface area contributed by atoms with Crippen LogP contribution in [0.4, 0.5) is 10.5 Å². The summed E-state index contributed by atoms with van der Waals surface area (Å²) >= 11 is 0. The minimum absolute atomic E-state index is 0.0453. The van der Waals surface area contributed by atoms with Gasteiger partial charge in [-0.05, 0) is 49.6 Å². The molecule has 6 nitrogen and oxygen atoms in total. The molecule has 2 aromatic carbocycles. The maximum Gasteiger partial charge on any atom is 0.317 e. The number of benzene rings is 2. The van der Waals surface area contributed by atoms with Crippen LogP contribution in [0.1, 0.15) is 52.0 Å². The lowest BCUT2D eigenvalue weighted by Crippen LogP contribution is -2.43. The SMILES string of the molecule is CNC(=O)N1CCC[C@H](c2cccc(C(=O)Nc3cccc(C(C)=O)c3)c2)C1. The van der Waals surface area contributed by atoms with E-state index in [9.17, 15) is 14.4 Å². The molecule has 1 aliphatic heterocycles. The molecule has 6 heteroatoms. The monoisotopic (exact) mass is 379 g/mol. The Bertz CT molecular complexity index is 894. The van der Waals surface area contributed by atoms with Crippen molar-refractivity contribution in [2.24, 2.45) is 0 Å². The summed E-state index contributed by atoms with van der Waals surface area (Å²) < 4.78 is 0. The van der Waals surface area contributed by atoms with Crippen LogP contribution in [0.5, 0.6) is 0 Å². The fourth-order valence-corrected chi connectivity index (χ4v) is 3.54. The Labute approximate surface area is 164 Å². The number of anilines is 1. The molecule has 3 amide bonds. The van der Waals surface area contributed by atoms with Crippen molar-refractivity contribution in [3.05, 3.63) is 65.2 Å². The number of likely N-dealkylation sites (tertiary alicyclic amines) is 1. The van der Waals surface area contributed by atoms with Crippen LogP contribution >= 0.6 is 0 Å². The predicted molar refractivity (Wildman–Crippen MR) is 109 cm³/mol. The van der Waals surface area contributed by atoms with Gasteiger partial charge in [0.15, 0.2) is 5.78 Å². The molecule has 1 atom stereocenters. The first kappa shape index (κ1) is 19.6. The lowest BCUT2D eigenvalue weighted by Gasteiger charge is -2.32. The topological polar surface area (TPSA) is 78.5 Å². The number of amides is 3. The molecule has 2 N–H and O–H groups in total. The maximum atomic E-state index is 12.7. The van der Waals surface area contributed by atoms with Gasteiger partial charge >= 0.3 is 6.03 Å². The van der Waals surface area contributed by atoms with E-state index in [1.165, 1.54) is 6.92 Å². The van der Waals surface area contributed by atoms with Gasteiger partial charge < -0.3 is 15.5 Å². The first-order valence-electron chi connectivity index (χ1n) is 9.47. The molecule has 146 valence electrons. The van der Waals surface area contributed by atoms with Crippen molar-refractivity contribution in [3.8, 4) is 0 Å². The van der Waals surface area contributed by atoms with Crippen LogP contribution in [0.25, 0.3) is 0 Å². The van der Waals surface area contributed by atoms with Crippen molar-refractivity contribution >= 4 is 23.4 Å². The van der Waals surface area contributed by atoms with Gasteiger partial charge in [-0.2, -0.15) is 0 Å². The summed E-state index contributed by atoms with van der Waals surface area (Å²) in [6.45, 7) is 2.89. The zero-order valence-corrected chi connectivity index (χ0v) is 16.2. The molecule has 0 aliphatic carbocycles. The number of hydrogen-bond donors (Lipinski definition) is 2. The lowest BCUT2D eigenvalue weighted by molar-refractivity contribution is 0.101. The number of urea groups is 1. The zero-order chi connectivity index (χ0) is 20.1. The van der Waals surface area contributed by atoms with Crippen LogP contribution in [0, 0.1) is 0 Å². The van der Waals surface area contributed by atoms with Crippen LogP contribution in [-0.2, 0) is 0 Å². The van der Waals surface area contributed by atoms with Crippen LogP contribution < -0.4 is 10.6 Å². The van der Waals surface area contributed by atoms with Gasteiger partial charge in [0.2, 0.25) is 0 Å². The van der Waals surface area contributed by atoms with Crippen LogP contribution in [0.2, 0.25) is 0 Å². The Morgan fingerprint density at radius 3 is 2.54 bits per heavy atom. The van der Waals surface area contributed by atoms with Crippen molar-refractivity contribution in [2.45, 2.75) is 25.7 Å². The number of hydrogen-bond acceptors (Lipinski definition) is 3. The quantitative estimate of drug-likeness (QED) is 0.796. The van der Waals surface area contributed by atoms with E-state index < -0.39 is 0 Å². The summed E-state index contributed by atoms with van der Waals surface area (Å²) in [7, 11) is 1.64. The summed E-state index contributed by atoms with van der Waals surface area (Å²) in [5.74, 6) is -0.0579. The van der Waals surface area contributed by atoms with Crippen LogP contribution in [0.15, 0.2) is 48.5 Å². The molecule has 1 fully saturated rings. The second-order valence-corrected chi connectivity index (χ2v) is 7.06. The van der Waals surface area contributed by atoms with Crippen molar-refractivity contribution in [1.29, 1.82) is 0 Å². The molecular weight excluding hydrogens is 354 g/mol. The summed E-state index contributed by atoms with van der Waals surface area (Å²) in [6.07, 6.45) is 1.92. The molecule has 0 radical (unpaired) electrons. The van der Waals surface area contributed by atoms with Crippen molar-refractivity contribution in [2.75, 3.05) is 25.5 Å². The minimum Gasteiger partial charge on any atom is -0.341 e. The minimum atomic E-state index is -0.221. The van der Waals surface area contributed by atoms with Gasteiger partial charge in [0.1, 0.15) is 0 Å². The standard InChI is InChI=1S/C22H25N3O3/c1-15(26)16-6-4-10-20(13-16)24-21(27)18-8-3-7-17(12-18)19-9-5-11-25(14-19)22(28)23-2/h3-4,6-8,10,12-13,19H,5,9,11,14H2,1-2H3,(H,23,28)(H,24,27)/t19-/m0/s1. The number of rotatable bonds is 4. The second kappa shape index (κ2) is 8.69. The van der Waals surface area contributed by atoms with Gasteiger partial charge in [-0.3, -0.25) is 9.59 Å². The number of ketones is 1. The van der Waals surface area contributed by atoms with E-state index in [0.717, 1.165) is 24.9 Å². The maximum absolute atomic E-state index is 12.7. The zero-order valence-electron chi connectivity index (χ0n) is 16.2. The summed E-state index contributed by atoms with van der Waals surface area (Å²) in [5, 5.41) is 5.53. The highest BCUT2D eigenvalue weighted by Crippen LogP contribution is 2.27. The van der Waals surface area contributed by atoms with Gasteiger partial charge in [0, 0.05) is 42.9 Å². The van der Waals surface area contributed by atoms with E-state index in [0.29, 0.717) is 23.4 Å². The Kier molecular flexibility index (Phi) is 6.09. The number of piperidine rings is 1. The highest BCUT2D eigenvalue weighted by Gasteiger charge is 2.24. The molecule has 2 aromatic rings. The van der Waals surface area contributed by atoms with E-state index in [4.69, 9.17) is 0 Å². The molecule has 1 saturated heterocycles. The molecule has 0 spiro atoms. The van der Waals surface area contributed by atoms with Crippen molar-refractivity contribution in [3.63, 3.8) is 0 Å². The summed E-state index contributed by atoms with van der Waals surface area (Å²) in [6, 6.07) is 14.4. The van der Waals surface area contributed by atoms with Crippen molar-refractivity contribution in [1.82, 2.24) is 10.2 Å². The Morgan fingerprint density at radius 1 is 1.04 bits per heavy atom. The molecule has 0 unspecified atom stereocenters. The molecule has 0 saturated carbocycles. The van der Waals surface area contributed by atoms with Crippen LogP contribution in [-0.4, -0.2) is 42.8 Å². The van der Waals surface area contributed by atoms with Gasteiger partial charge in [-0.1, -0.05) is 24.3 Å². The predicted octanol–water partition coefficient (Wildman–Crippen LogP) is 3.66. The largest absolute Gasteiger partial charge is 0.341 e. The lowest BCUT2D eigenvalue weighted by atomic mass is 9.89. The fourth-order valence-electron chi connectivity index (χ4n) is 3.54. The third-order valence-electron chi connectivity index (χ3n) is 5.07. The third kappa shape index (κ3) is 4.57. The van der Waals surface area contributed by atoms with Crippen LogP contribution in [0.3, 0.4) is 0 Å². The third-order valence-corrected chi connectivity index (χ3v) is 5.07. The van der Waals surface area contributed by atoms with E-state index >= 15 is 0 Å². The molecule has 3 rings (SSSR count). The molecule has 0 bridgehead atoms. The molecule has 0 aromatic heterocycles. The molecular formula is C22H25N3O3. The van der Waals surface area contributed by atoms with Crippen molar-refractivity contribution < 1.29 is 14.4 Å². The summed E-state index contributed by atoms with van der Waals surface area (Å²) in [4.78, 5) is 37.9. The van der Waals surface area contributed by atoms with Gasteiger partial charge in [0.05, 0.1) is 0 Å². The molecule has 28 heavy (non-hydrogen) atoms. The average molecular weight is 379 g/mol. The average Bonchev–Trinajstić information content (AvgIpc) is 2.73.